The summed E-state index contributed by atoms with van der Waals surface area (Å²) < 4.78 is 60.0. The first-order valence-electron chi connectivity index (χ1n) is 15.7. The van der Waals surface area contributed by atoms with Gasteiger partial charge >= 0.3 is 0 Å². The van der Waals surface area contributed by atoms with Crippen molar-refractivity contribution in [3.8, 4) is 45.4 Å². The highest BCUT2D eigenvalue weighted by Gasteiger charge is 2.31. The molecule has 266 valence electrons. The van der Waals surface area contributed by atoms with Crippen LogP contribution >= 0.6 is 23.2 Å². The van der Waals surface area contributed by atoms with Gasteiger partial charge in [0.1, 0.15) is 21.2 Å². The SMILES string of the molecule is COc1nc(-c2cccc(-c3cccc(-c4cnc(CN5CC(NS(C)(=O)=O)C5)c(OC)n4)c3Cl)c2Cl)cnc1CN1CC(CS(C)(=O)=O)C1. The Balaban J connectivity index is 1.21. The molecule has 1 N–H and O–H groups in total. The van der Waals surface area contributed by atoms with Crippen molar-refractivity contribution in [2.45, 2.75) is 19.1 Å². The Kier molecular flexibility index (Phi) is 10.7. The molecule has 2 saturated heterocycles. The second-order valence-corrected chi connectivity index (χ2v) is 17.4. The van der Waals surface area contributed by atoms with E-state index in [9.17, 15) is 16.8 Å². The Bertz CT molecular complexity index is 1980. The fourth-order valence-corrected chi connectivity index (χ4v) is 8.78. The van der Waals surface area contributed by atoms with E-state index in [2.05, 4.69) is 24.5 Å². The molecule has 2 aromatic heterocycles. The molecular formula is C33H37Cl2N7O6S2. The molecule has 0 saturated carbocycles. The van der Waals surface area contributed by atoms with E-state index in [-0.39, 0.29) is 17.7 Å². The number of halogens is 2. The van der Waals surface area contributed by atoms with E-state index in [1.165, 1.54) is 20.5 Å². The highest BCUT2D eigenvalue weighted by Crippen LogP contribution is 2.42. The summed E-state index contributed by atoms with van der Waals surface area (Å²) in [5, 5.41) is 0.857. The predicted octanol–water partition coefficient (Wildman–Crippen LogP) is 3.80. The van der Waals surface area contributed by atoms with Crippen molar-refractivity contribution >= 4 is 43.1 Å². The summed E-state index contributed by atoms with van der Waals surface area (Å²) in [7, 11) is -3.22. The third-order valence-corrected chi connectivity index (χ3v) is 11.2. The number of sulfone groups is 1. The molecule has 0 atom stereocenters. The van der Waals surface area contributed by atoms with Gasteiger partial charge in [-0.25, -0.2) is 31.5 Å². The van der Waals surface area contributed by atoms with Crippen molar-refractivity contribution < 1.29 is 26.3 Å². The number of benzene rings is 2. The molecule has 0 unspecified atom stereocenters. The number of nitrogens with one attached hydrogen (secondary N) is 1. The van der Waals surface area contributed by atoms with Crippen LogP contribution in [0.5, 0.6) is 11.8 Å². The van der Waals surface area contributed by atoms with Crippen molar-refractivity contribution in [3.63, 3.8) is 0 Å². The van der Waals surface area contributed by atoms with E-state index in [0.717, 1.165) is 6.26 Å². The van der Waals surface area contributed by atoms with Crippen molar-refractivity contribution in [3.05, 3.63) is 70.2 Å². The van der Waals surface area contributed by atoms with Crippen LogP contribution in [-0.4, -0.2) is 111 Å². The standard InChI is InChI=1S/C33H37Cl2N7O6S2/c1-47-32-28(17-41-13-20(14-41)19-49(3,43)44)36-11-26(38-32)24-9-5-7-22(30(24)34)23-8-6-10-25(31(23)35)27-12-37-29(33(39-27)48-2)18-42-15-21(16-42)40-50(4,45)46/h5-12,20-21,40H,13-19H2,1-4H3. The summed E-state index contributed by atoms with van der Waals surface area (Å²) in [4.78, 5) is 22.9. The van der Waals surface area contributed by atoms with Crippen LogP contribution in [0.4, 0.5) is 0 Å². The molecule has 0 radical (unpaired) electrons. The van der Waals surface area contributed by atoms with Crippen molar-refractivity contribution in [1.29, 1.82) is 0 Å². The molecule has 0 bridgehead atoms. The second-order valence-electron chi connectivity index (χ2n) is 12.7. The Morgan fingerprint density at radius 3 is 1.60 bits per heavy atom. The third-order valence-electron chi connectivity index (χ3n) is 8.51. The number of hydrogen-bond donors (Lipinski definition) is 1. The van der Waals surface area contributed by atoms with Crippen LogP contribution in [0.15, 0.2) is 48.8 Å². The molecular weight excluding hydrogens is 725 g/mol. The molecule has 17 heteroatoms. The monoisotopic (exact) mass is 761 g/mol. The molecule has 50 heavy (non-hydrogen) atoms. The minimum Gasteiger partial charge on any atom is -0.480 e. The van der Waals surface area contributed by atoms with E-state index in [4.69, 9.17) is 42.6 Å². The molecule has 2 aliphatic rings. The van der Waals surface area contributed by atoms with Crippen molar-refractivity contribution in [2.75, 3.05) is 58.7 Å². The van der Waals surface area contributed by atoms with Crippen LogP contribution in [0.25, 0.3) is 33.6 Å². The molecule has 2 aliphatic heterocycles. The molecule has 4 aromatic rings. The minimum atomic E-state index is -3.27. The van der Waals surface area contributed by atoms with E-state index < -0.39 is 19.9 Å². The van der Waals surface area contributed by atoms with Gasteiger partial charge in [-0.15, -0.1) is 0 Å². The van der Waals surface area contributed by atoms with Gasteiger partial charge in [-0.05, 0) is 5.92 Å². The number of ether oxygens (including phenoxy) is 2. The molecule has 6 rings (SSSR count). The van der Waals surface area contributed by atoms with Crippen LogP contribution in [0.1, 0.15) is 11.4 Å². The van der Waals surface area contributed by atoms with Crippen LogP contribution in [0, 0.1) is 5.92 Å². The highest BCUT2D eigenvalue weighted by atomic mass is 35.5. The van der Waals surface area contributed by atoms with Gasteiger partial charge in [-0.1, -0.05) is 59.6 Å². The van der Waals surface area contributed by atoms with Crippen LogP contribution in [0.2, 0.25) is 10.0 Å². The van der Waals surface area contributed by atoms with Gasteiger partial charge in [-0.3, -0.25) is 19.8 Å². The maximum atomic E-state index is 11.6. The molecule has 4 heterocycles. The molecule has 0 spiro atoms. The van der Waals surface area contributed by atoms with Gasteiger partial charge in [0, 0.05) is 73.8 Å². The van der Waals surface area contributed by atoms with Crippen molar-refractivity contribution in [1.82, 2.24) is 34.5 Å². The third kappa shape index (κ3) is 8.36. The number of methoxy groups -OCH3 is 2. The van der Waals surface area contributed by atoms with Gasteiger partial charge < -0.3 is 9.47 Å². The number of sulfonamides is 1. The Labute approximate surface area is 302 Å². The first-order valence-corrected chi connectivity index (χ1v) is 20.4. The Hall–Kier alpha value is -3.44. The number of likely N-dealkylation sites (tertiary alicyclic amines) is 2. The minimum absolute atomic E-state index is 0.113. The lowest BCUT2D eigenvalue weighted by molar-refractivity contribution is 0.104. The molecule has 2 fully saturated rings. The zero-order chi connectivity index (χ0) is 35.8. The summed E-state index contributed by atoms with van der Waals surface area (Å²) >= 11 is 14.1. The summed E-state index contributed by atoms with van der Waals surface area (Å²) in [6, 6.07) is 11.0. The van der Waals surface area contributed by atoms with E-state index in [1.807, 2.05) is 36.4 Å². The fraction of sp³-hybridized carbons (Fsp3) is 0.394. The lowest BCUT2D eigenvalue weighted by Gasteiger charge is -2.38. The Morgan fingerprint density at radius 1 is 0.740 bits per heavy atom. The highest BCUT2D eigenvalue weighted by molar-refractivity contribution is 7.90. The van der Waals surface area contributed by atoms with Crippen LogP contribution in [-0.2, 0) is 33.0 Å². The predicted molar refractivity (Wildman–Crippen MR) is 193 cm³/mol. The number of nitrogens with zero attached hydrogens (tertiary/aromatic N) is 6. The second kappa shape index (κ2) is 14.7. The first-order chi connectivity index (χ1) is 23.7. The topological polar surface area (TPSA) is 157 Å². The quantitative estimate of drug-likeness (QED) is 0.211. The zero-order valence-electron chi connectivity index (χ0n) is 27.9. The maximum absolute atomic E-state index is 11.6. The van der Waals surface area contributed by atoms with Gasteiger partial charge in [-0.2, -0.15) is 0 Å². The van der Waals surface area contributed by atoms with Crippen molar-refractivity contribution in [2.24, 2.45) is 5.92 Å². The summed E-state index contributed by atoms with van der Waals surface area (Å²) in [6.07, 6.45) is 5.70. The van der Waals surface area contributed by atoms with E-state index >= 15 is 0 Å². The maximum Gasteiger partial charge on any atom is 0.237 e. The lowest BCUT2D eigenvalue weighted by atomic mass is 9.98. The van der Waals surface area contributed by atoms with E-state index in [0.29, 0.717) is 106 Å². The Morgan fingerprint density at radius 2 is 1.18 bits per heavy atom. The van der Waals surface area contributed by atoms with Gasteiger partial charge in [0.25, 0.3) is 0 Å². The van der Waals surface area contributed by atoms with Gasteiger partial charge in [0.15, 0.2) is 0 Å². The largest absolute Gasteiger partial charge is 0.480 e. The molecule has 13 nitrogen and oxygen atoms in total. The molecule has 0 aliphatic carbocycles. The van der Waals surface area contributed by atoms with Gasteiger partial charge in [0.05, 0.1) is 60.1 Å². The lowest BCUT2D eigenvalue weighted by Crippen LogP contribution is -2.58. The molecule has 2 aromatic carbocycles. The average molecular weight is 763 g/mol. The number of aromatic nitrogens is 4. The first kappa shape index (κ1) is 36.4. The smallest absolute Gasteiger partial charge is 0.237 e. The summed E-state index contributed by atoms with van der Waals surface area (Å²) in [6.45, 7) is 3.40. The fourth-order valence-electron chi connectivity index (χ4n) is 6.31. The summed E-state index contributed by atoms with van der Waals surface area (Å²) in [5.41, 5.74) is 4.97. The summed E-state index contributed by atoms with van der Waals surface area (Å²) in [5.74, 6) is 1.01. The normalized spacial score (nSPS) is 16.2. The van der Waals surface area contributed by atoms with Crippen LogP contribution in [0.3, 0.4) is 0 Å². The number of rotatable bonds is 13. The number of hydrogen-bond acceptors (Lipinski definition) is 12. The average Bonchev–Trinajstić information content (AvgIpc) is 3.02. The van der Waals surface area contributed by atoms with Crippen LogP contribution < -0.4 is 14.2 Å². The molecule has 0 amide bonds. The zero-order valence-corrected chi connectivity index (χ0v) is 31.1. The van der Waals surface area contributed by atoms with E-state index in [1.54, 1.807) is 12.4 Å². The van der Waals surface area contributed by atoms with Gasteiger partial charge in [0.2, 0.25) is 21.8 Å².